The lowest BCUT2D eigenvalue weighted by molar-refractivity contribution is -0.170. The number of carbonyl (C=O) groups is 2. The van der Waals surface area contributed by atoms with E-state index in [-0.39, 0.29) is 46.3 Å². The number of hydrogen-bond donors (Lipinski definition) is 2. The molecule has 0 saturated heterocycles. The highest BCUT2D eigenvalue weighted by Gasteiger charge is 2.42. The van der Waals surface area contributed by atoms with Gasteiger partial charge in [-0.1, -0.05) is 302 Å². The van der Waals surface area contributed by atoms with Crippen LogP contribution in [0.25, 0.3) is 0 Å². The molecular formula is C79H164N2O8Si3. The van der Waals surface area contributed by atoms with Gasteiger partial charge in [0.25, 0.3) is 0 Å². The number of carboxylic acid groups (broad SMARTS) is 1. The van der Waals surface area contributed by atoms with Crippen LogP contribution in [-0.2, 0) is 27.6 Å². The summed E-state index contributed by atoms with van der Waals surface area (Å²) in [6.45, 7) is 52.3. The van der Waals surface area contributed by atoms with Crippen molar-refractivity contribution in [3.63, 3.8) is 0 Å². The van der Waals surface area contributed by atoms with Crippen LogP contribution in [0.15, 0.2) is 0 Å². The van der Waals surface area contributed by atoms with E-state index in [0.29, 0.717) is 18.8 Å². The molecule has 0 bridgehead atoms. The molecule has 0 fully saturated rings. The monoisotopic (exact) mass is 1350 g/mol. The Kier molecular flexibility index (Phi) is 52.0. The standard InChI is InChI=1S/C79H164N2O8Si3/c1-21-25-29-33-37-41-45-49-57-69(5)65-80(66-70(87-90(15,16)77(6,7)8)58-50-46-42-38-34-30-26-22-2)63-55-53-61-73(82)76(85)86-74(75(83)84)62-54-56-64-81(67-71(88-91(17,18)78(9,10)11)59-51-47-43-39-35-31-27-23-3)68-72(89-92(19,20)79(12,13)14)60-52-48-44-40-36-32-28-24-4/h69-74,82H,21-68H2,1-20H3,(H,83,84). The number of carboxylic acids is 1. The Morgan fingerprint density at radius 1 is 0.359 bits per heavy atom. The van der Waals surface area contributed by atoms with Gasteiger partial charge in [-0.2, -0.15) is 0 Å². The molecular weight excluding hydrogens is 1190 g/mol. The summed E-state index contributed by atoms with van der Waals surface area (Å²) >= 11 is 0. The van der Waals surface area contributed by atoms with Gasteiger partial charge in [0.15, 0.2) is 37.2 Å². The summed E-state index contributed by atoms with van der Waals surface area (Å²) in [5.74, 6) is -1.41. The van der Waals surface area contributed by atoms with E-state index < -0.39 is 49.1 Å². The highest BCUT2D eigenvalue weighted by atomic mass is 28.4. The van der Waals surface area contributed by atoms with Gasteiger partial charge in [0.05, 0.1) is 18.3 Å². The fourth-order valence-corrected chi connectivity index (χ4v) is 16.4. The smallest absolute Gasteiger partial charge is 0.345 e. The topological polar surface area (TPSA) is 118 Å². The fraction of sp³-hybridized carbons (Fsp3) is 0.975. The number of aliphatic hydroxyl groups excluding tert-OH is 1. The number of carbonyl (C=O) groups excluding carboxylic acids is 1. The molecule has 0 aliphatic rings. The van der Waals surface area contributed by atoms with Gasteiger partial charge in [-0.05, 0) is 138 Å². The van der Waals surface area contributed by atoms with E-state index in [2.05, 4.69) is 146 Å². The lowest BCUT2D eigenvalue weighted by Crippen LogP contribution is -2.50. The Labute approximate surface area is 578 Å². The largest absolute Gasteiger partial charge is 0.479 e. The van der Waals surface area contributed by atoms with E-state index in [1.54, 1.807) is 0 Å². The van der Waals surface area contributed by atoms with E-state index in [4.69, 9.17) is 18.0 Å². The molecule has 92 heavy (non-hydrogen) atoms. The quantitative estimate of drug-likeness (QED) is 0.0346. The normalized spacial score (nSPS) is 15.1. The molecule has 10 nitrogen and oxygen atoms in total. The van der Waals surface area contributed by atoms with Gasteiger partial charge in [0, 0.05) is 26.2 Å². The van der Waals surface area contributed by atoms with Crippen LogP contribution >= 0.6 is 0 Å². The molecule has 0 spiro atoms. The van der Waals surface area contributed by atoms with Gasteiger partial charge in [0.2, 0.25) is 0 Å². The van der Waals surface area contributed by atoms with Crippen LogP contribution in [0.1, 0.15) is 367 Å². The van der Waals surface area contributed by atoms with E-state index in [0.717, 1.165) is 84.2 Å². The minimum absolute atomic E-state index is 0.0825. The maximum atomic E-state index is 13.7. The van der Waals surface area contributed by atoms with Gasteiger partial charge in [-0.15, -0.1) is 0 Å². The van der Waals surface area contributed by atoms with E-state index >= 15 is 0 Å². The van der Waals surface area contributed by atoms with Crippen LogP contribution in [0.4, 0.5) is 0 Å². The molecule has 6 atom stereocenters. The van der Waals surface area contributed by atoms with E-state index in [9.17, 15) is 19.8 Å². The molecule has 6 unspecified atom stereocenters. The van der Waals surface area contributed by atoms with E-state index in [1.807, 2.05) is 0 Å². The Morgan fingerprint density at radius 3 is 0.891 bits per heavy atom. The molecule has 0 amide bonds. The number of nitrogens with zero attached hydrogens (tertiary/aromatic N) is 2. The Bertz CT molecular complexity index is 1690. The zero-order valence-corrected chi connectivity index (χ0v) is 68.6. The molecule has 0 aromatic rings. The van der Waals surface area contributed by atoms with Crippen LogP contribution in [0, 0.1) is 5.92 Å². The lowest BCUT2D eigenvalue weighted by atomic mass is 10.00. The summed E-state index contributed by atoms with van der Waals surface area (Å²) in [6.07, 6.45) is 46.9. The van der Waals surface area contributed by atoms with Gasteiger partial charge < -0.3 is 33.1 Å². The highest BCUT2D eigenvalue weighted by Crippen LogP contribution is 2.41. The molecule has 0 aromatic carbocycles. The minimum atomic E-state index is -2.11. The fourth-order valence-electron chi connectivity index (χ4n) is 12.3. The molecule has 13 heteroatoms. The maximum Gasteiger partial charge on any atom is 0.345 e. The molecule has 0 radical (unpaired) electrons. The second kappa shape index (κ2) is 52.4. The van der Waals surface area contributed by atoms with Crippen molar-refractivity contribution >= 4 is 36.9 Å². The van der Waals surface area contributed by atoms with Crippen LogP contribution in [0.5, 0.6) is 0 Å². The van der Waals surface area contributed by atoms with Crippen LogP contribution in [-0.4, -0.2) is 127 Å². The first kappa shape index (κ1) is 91.4. The summed E-state index contributed by atoms with van der Waals surface area (Å²) in [6, 6.07) is 0. The third-order valence-electron chi connectivity index (χ3n) is 21.6. The van der Waals surface area contributed by atoms with Gasteiger partial charge >= 0.3 is 11.9 Å². The Balaban J connectivity index is 6.44. The highest BCUT2D eigenvalue weighted by molar-refractivity contribution is 6.75. The molecule has 0 aliphatic carbocycles. The number of rotatable bonds is 63. The van der Waals surface area contributed by atoms with Gasteiger partial charge in [-0.25, -0.2) is 9.59 Å². The lowest BCUT2D eigenvalue weighted by Gasteiger charge is -2.42. The number of aliphatic carboxylic acids is 1. The summed E-state index contributed by atoms with van der Waals surface area (Å²) in [7, 11) is -6.26. The van der Waals surface area contributed by atoms with Crippen molar-refractivity contribution in [3.8, 4) is 0 Å². The average molecular weight is 1350 g/mol. The number of unbranched alkanes of at least 4 members (excludes halogenated alkanes) is 30. The first-order valence-corrected chi connectivity index (χ1v) is 48.6. The summed E-state index contributed by atoms with van der Waals surface area (Å²) in [5, 5.41) is 22.1. The zero-order valence-electron chi connectivity index (χ0n) is 65.6. The van der Waals surface area contributed by atoms with Gasteiger partial charge in [0.1, 0.15) is 0 Å². The predicted octanol–water partition coefficient (Wildman–Crippen LogP) is 24.2. The molecule has 0 saturated carbocycles. The zero-order chi connectivity index (χ0) is 69.5. The SMILES string of the molecule is CCCCCCCCCCC(C)CN(CCCCC(O)C(=O)OC(CCCCN(CC(CCCCCCCCCC)O[Si](C)(C)C(C)(C)C)CC(CCCCCCCCCC)O[Si](C)(C)C(C)(C)C)C(=O)O)CC(CCCCCCCCCC)O[Si](C)(C)C(C)(C)C. The van der Waals surface area contributed by atoms with Gasteiger partial charge in [-0.3, -0.25) is 4.90 Å². The molecule has 550 valence electrons. The summed E-state index contributed by atoms with van der Waals surface area (Å²) in [4.78, 5) is 31.8. The molecule has 2 N–H and O–H groups in total. The third-order valence-corrected chi connectivity index (χ3v) is 35.3. The van der Waals surface area contributed by atoms with Crippen molar-refractivity contribution < 1.29 is 37.8 Å². The Hall–Kier alpha value is -0.649. The number of hydrogen-bond acceptors (Lipinski definition) is 9. The molecule has 0 heterocycles. The summed E-state index contributed by atoms with van der Waals surface area (Å²) < 4.78 is 27.8. The second-order valence-electron chi connectivity index (χ2n) is 34.0. The molecule has 0 rings (SSSR count). The Morgan fingerprint density at radius 2 is 0.609 bits per heavy atom. The average Bonchev–Trinajstić information content (AvgIpc) is 0.857. The van der Waals surface area contributed by atoms with Crippen molar-refractivity contribution in [1.82, 2.24) is 9.80 Å². The third kappa shape index (κ3) is 45.8. The minimum Gasteiger partial charge on any atom is -0.479 e. The van der Waals surface area contributed by atoms with Crippen molar-refractivity contribution in [2.45, 2.75) is 452 Å². The van der Waals surface area contributed by atoms with Crippen molar-refractivity contribution in [3.05, 3.63) is 0 Å². The van der Waals surface area contributed by atoms with Crippen LogP contribution in [0.3, 0.4) is 0 Å². The van der Waals surface area contributed by atoms with Crippen molar-refractivity contribution in [2.24, 2.45) is 5.92 Å². The first-order valence-electron chi connectivity index (χ1n) is 39.9. The van der Waals surface area contributed by atoms with Crippen molar-refractivity contribution in [2.75, 3.05) is 39.3 Å². The van der Waals surface area contributed by atoms with Crippen molar-refractivity contribution in [1.29, 1.82) is 0 Å². The van der Waals surface area contributed by atoms with Crippen LogP contribution in [0.2, 0.25) is 54.4 Å². The number of esters is 1. The summed E-state index contributed by atoms with van der Waals surface area (Å²) in [5.41, 5.74) is 0. The number of ether oxygens (including phenoxy) is 1. The predicted molar refractivity (Wildman–Crippen MR) is 408 cm³/mol. The van der Waals surface area contributed by atoms with Crippen LogP contribution < -0.4 is 0 Å². The maximum absolute atomic E-state index is 13.7. The number of aliphatic hydroxyl groups is 1. The molecule has 0 aromatic heterocycles. The first-order chi connectivity index (χ1) is 43.3. The van der Waals surface area contributed by atoms with E-state index in [1.165, 1.54) is 199 Å². The molecule has 0 aliphatic heterocycles. The second-order valence-corrected chi connectivity index (χ2v) is 48.2.